The number of hydrogen-bond acceptors (Lipinski definition) is 8. The van der Waals surface area contributed by atoms with Crippen LogP contribution in [0.3, 0.4) is 0 Å². The van der Waals surface area contributed by atoms with Gasteiger partial charge in [-0.25, -0.2) is 9.40 Å². The fourth-order valence-corrected chi connectivity index (χ4v) is 5.76. The summed E-state index contributed by atoms with van der Waals surface area (Å²) in [5, 5.41) is 7.84. The molecule has 0 N–H and O–H groups in total. The summed E-state index contributed by atoms with van der Waals surface area (Å²) >= 11 is 1.34. The molecule has 1 saturated heterocycles. The third kappa shape index (κ3) is 6.58. The van der Waals surface area contributed by atoms with Crippen molar-refractivity contribution in [3.05, 3.63) is 81.8 Å². The van der Waals surface area contributed by atoms with Gasteiger partial charge in [0, 0.05) is 43.7 Å². The maximum Gasteiger partial charge on any atom is 0.264 e. The molecule has 2 amide bonds. The second kappa shape index (κ2) is 13.2. The van der Waals surface area contributed by atoms with Crippen LogP contribution in [0.25, 0.3) is 0 Å². The Labute approximate surface area is 242 Å². The van der Waals surface area contributed by atoms with Gasteiger partial charge in [-0.2, -0.15) is 5.10 Å². The molecule has 3 aromatic rings. The average molecular weight is 581 g/mol. The van der Waals surface area contributed by atoms with E-state index in [2.05, 4.69) is 10.0 Å². The minimum Gasteiger partial charge on any atom is -0.497 e. The number of halogens is 1. The molecule has 41 heavy (non-hydrogen) atoms. The molecule has 0 bridgehead atoms. The number of thiophene rings is 1. The van der Waals surface area contributed by atoms with Crippen LogP contribution in [0.4, 0.5) is 4.39 Å². The molecule has 5 rings (SSSR count). The summed E-state index contributed by atoms with van der Waals surface area (Å²) in [6.45, 7) is 3.63. The standard InChI is InChI=1S/C30H33FN4O5S/c1-38-21-9-10-27(39-2)23(18-21)26-19-25(22-6-3-4-7-24(22)31)32-35(26)29(36)20-34(30(37)28-8-5-17-41-28)12-11-33-13-15-40-16-14-33/h3-10,17-18,26H,11-16,19-20H2,1-2H3/t26-/m1/s1. The molecule has 1 atom stereocenters. The Kier molecular flexibility index (Phi) is 9.28. The van der Waals surface area contributed by atoms with Crippen LogP contribution in [-0.4, -0.2) is 92.5 Å². The molecule has 0 saturated carbocycles. The molecule has 2 aliphatic heterocycles. The maximum absolute atomic E-state index is 14.8. The first kappa shape index (κ1) is 28.7. The lowest BCUT2D eigenvalue weighted by Crippen LogP contribution is -2.46. The molecule has 0 spiro atoms. The van der Waals surface area contributed by atoms with Crippen molar-refractivity contribution in [3.8, 4) is 11.5 Å². The molecular formula is C30H33FN4O5S. The number of amides is 2. The highest BCUT2D eigenvalue weighted by Gasteiger charge is 2.37. The zero-order chi connectivity index (χ0) is 28.8. The van der Waals surface area contributed by atoms with E-state index in [1.807, 2.05) is 11.4 Å². The second-order valence-electron chi connectivity index (χ2n) is 9.75. The van der Waals surface area contributed by atoms with E-state index in [-0.39, 0.29) is 24.8 Å². The van der Waals surface area contributed by atoms with Crippen molar-refractivity contribution in [3.63, 3.8) is 0 Å². The Morgan fingerprint density at radius 1 is 1.10 bits per heavy atom. The van der Waals surface area contributed by atoms with Crippen LogP contribution in [0.15, 0.2) is 65.1 Å². The van der Waals surface area contributed by atoms with Gasteiger partial charge in [-0.15, -0.1) is 11.3 Å². The van der Waals surface area contributed by atoms with Gasteiger partial charge in [0.05, 0.1) is 44.1 Å². The van der Waals surface area contributed by atoms with Gasteiger partial charge in [0.1, 0.15) is 23.9 Å². The molecule has 0 aliphatic carbocycles. The number of nitrogens with zero attached hydrogens (tertiary/aromatic N) is 4. The number of ether oxygens (including phenoxy) is 3. The van der Waals surface area contributed by atoms with Crippen molar-refractivity contribution in [1.82, 2.24) is 14.8 Å². The Morgan fingerprint density at radius 3 is 2.61 bits per heavy atom. The molecule has 1 fully saturated rings. The van der Waals surface area contributed by atoms with Crippen molar-refractivity contribution in [2.75, 3.05) is 60.2 Å². The fourth-order valence-electron chi connectivity index (χ4n) is 5.07. The van der Waals surface area contributed by atoms with Gasteiger partial charge in [-0.05, 0) is 35.7 Å². The highest BCUT2D eigenvalue weighted by molar-refractivity contribution is 7.12. The molecule has 9 nitrogen and oxygen atoms in total. The number of hydrogen-bond donors (Lipinski definition) is 0. The summed E-state index contributed by atoms with van der Waals surface area (Å²) in [6, 6.07) is 14.7. The lowest BCUT2D eigenvalue weighted by atomic mass is 9.97. The molecule has 0 unspecified atom stereocenters. The van der Waals surface area contributed by atoms with Crippen LogP contribution in [0.1, 0.15) is 33.3 Å². The SMILES string of the molecule is COc1ccc(OC)c([C@H]2CC(c3ccccc3F)=NN2C(=O)CN(CCN2CCOCC2)C(=O)c2cccs2)c1. The van der Waals surface area contributed by atoms with Crippen molar-refractivity contribution < 1.29 is 28.2 Å². The largest absolute Gasteiger partial charge is 0.497 e. The lowest BCUT2D eigenvalue weighted by molar-refractivity contribution is -0.133. The van der Waals surface area contributed by atoms with Gasteiger partial charge in [0.2, 0.25) is 0 Å². The van der Waals surface area contributed by atoms with Gasteiger partial charge >= 0.3 is 0 Å². The summed E-state index contributed by atoms with van der Waals surface area (Å²) in [7, 11) is 3.12. The minimum absolute atomic E-state index is 0.183. The Bertz CT molecular complexity index is 1390. The first-order chi connectivity index (χ1) is 20.0. The normalized spacial score (nSPS) is 17.3. The maximum atomic E-state index is 14.8. The topological polar surface area (TPSA) is 83.9 Å². The van der Waals surface area contributed by atoms with Crippen molar-refractivity contribution in [2.24, 2.45) is 5.10 Å². The average Bonchev–Trinajstić information content (AvgIpc) is 3.70. The van der Waals surface area contributed by atoms with Crippen LogP contribution >= 0.6 is 11.3 Å². The van der Waals surface area contributed by atoms with Crippen molar-refractivity contribution in [2.45, 2.75) is 12.5 Å². The second-order valence-corrected chi connectivity index (χ2v) is 10.7. The van der Waals surface area contributed by atoms with Gasteiger partial charge in [0.15, 0.2) is 0 Å². The Morgan fingerprint density at radius 2 is 1.90 bits per heavy atom. The first-order valence-electron chi connectivity index (χ1n) is 13.5. The summed E-state index contributed by atoms with van der Waals surface area (Å²) in [6.07, 6.45) is 0.267. The summed E-state index contributed by atoms with van der Waals surface area (Å²) in [5.41, 5.74) is 1.45. The van der Waals surface area contributed by atoms with Crippen LogP contribution in [0, 0.1) is 5.82 Å². The first-order valence-corrected chi connectivity index (χ1v) is 14.4. The zero-order valence-corrected chi connectivity index (χ0v) is 23.9. The van der Waals surface area contributed by atoms with E-state index in [0.717, 1.165) is 13.1 Å². The number of benzene rings is 2. The molecule has 2 aliphatic rings. The number of carbonyl (C=O) groups is 2. The number of morpholine rings is 1. The predicted molar refractivity (Wildman–Crippen MR) is 154 cm³/mol. The van der Waals surface area contributed by atoms with Crippen LogP contribution in [0.5, 0.6) is 11.5 Å². The Balaban J connectivity index is 1.46. The number of carbonyl (C=O) groups excluding carboxylic acids is 2. The smallest absolute Gasteiger partial charge is 0.264 e. The van der Waals surface area contributed by atoms with Gasteiger partial charge < -0.3 is 19.1 Å². The van der Waals surface area contributed by atoms with E-state index in [1.54, 1.807) is 61.6 Å². The van der Waals surface area contributed by atoms with E-state index >= 15 is 0 Å². The van der Waals surface area contributed by atoms with E-state index in [4.69, 9.17) is 14.2 Å². The van der Waals surface area contributed by atoms with Crippen molar-refractivity contribution >= 4 is 28.9 Å². The highest BCUT2D eigenvalue weighted by Crippen LogP contribution is 2.39. The molecule has 216 valence electrons. The highest BCUT2D eigenvalue weighted by atomic mass is 32.1. The van der Waals surface area contributed by atoms with Crippen LogP contribution in [0.2, 0.25) is 0 Å². The van der Waals surface area contributed by atoms with Gasteiger partial charge in [0.25, 0.3) is 11.8 Å². The number of rotatable bonds is 10. The molecule has 1 aromatic heterocycles. The monoisotopic (exact) mass is 580 g/mol. The van der Waals surface area contributed by atoms with Crippen LogP contribution in [-0.2, 0) is 9.53 Å². The van der Waals surface area contributed by atoms with Gasteiger partial charge in [-0.3, -0.25) is 14.5 Å². The van der Waals surface area contributed by atoms with Gasteiger partial charge in [-0.1, -0.05) is 24.3 Å². The van der Waals surface area contributed by atoms with Crippen LogP contribution < -0.4 is 9.47 Å². The summed E-state index contributed by atoms with van der Waals surface area (Å²) < 4.78 is 31.3. The van der Waals surface area contributed by atoms with Crippen molar-refractivity contribution in [1.29, 1.82) is 0 Å². The molecular weight excluding hydrogens is 547 g/mol. The molecule has 2 aromatic carbocycles. The number of hydrazone groups is 1. The predicted octanol–water partition coefficient (Wildman–Crippen LogP) is 4.06. The third-order valence-electron chi connectivity index (χ3n) is 7.28. The molecule has 0 radical (unpaired) electrons. The summed E-state index contributed by atoms with van der Waals surface area (Å²) in [4.78, 5) is 31.9. The third-order valence-corrected chi connectivity index (χ3v) is 8.14. The number of methoxy groups -OCH3 is 2. The van der Waals surface area contributed by atoms with E-state index in [0.29, 0.717) is 59.5 Å². The van der Waals surface area contributed by atoms with E-state index in [1.165, 1.54) is 22.4 Å². The van der Waals surface area contributed by atoms with E-state index < -0.39 is 11.9 Å². The quantitative estimate of drug-likeness (QED) is 0.360. The Hall–Kier alpha value is -3.80. The minimum atomic E-state index is -0.583. The zero-order valence-electron chi connectivity index (χ0n) is 23.1. The fraction of sp³-hybridized carbons (Fsp3) is 0.367. The summed E-state index contributed by atoms with van der Waals surface area (Å²) in [5.74, 6) is 0.134. The lowest BCUT2D eigenvalue weighted by Gasteiger charge is -2.31. The molecule has 3 heterocycles. The van der Waals surface area contributed by atoms with E-state index in [9.17, 15) is 14.0 Å². The molecule has 11 heteroatoms.